The molecule has 2 aromatic carbocycles. The van der Waals surface area contributed by atoms with Crippen molar-refractivity contribution in [2.24, 2.45) is 17.6 Å². The molecule has 0 radical (unpaired) electrons. The first-order valence-corrected chi connectivity index (χ1v) is 29.1. The van der Waals surface area contributed by atoms with E-state index < -0.39 is 102 Å². The van der Waals surface area contributed by atoms with Gasteiger partial charge in [0.15, 0.2) is 5.72 Å². The first-order valence-electron chi connectivity index (χ1n) is 27.6. The number of alkyl carbamates (subject to hydrolysis) is 1. The highest BCUT2D eigenvalue weighted by atomic mass is 79.9. The summed E-state index contributed by atoms with van der Waals surface area (Å²) in [4.78, 5) is 97.5. The molecule has 82 heavy (non-hydrogen) atoms. The van der Waals surface area contributed by atoms with Crippen LogP contribution in [0.3, 0.4) is 0 Å². The number of epoxide rings is 1. The van der Waals surface area contributed by atoms with Gasteiger partial charge in [-0.3, -0.25) is 24.5 Å². The number of likely N-dealkylation sites (N-methyl/N-ethyl adjacent to an activating group) is 1. The molecule has 4 bridgehead atoms. The van der Waals surface area contributed by atoms with E-state index >= 15 is 0 Å². The number of hydrogen-bond donors (Lipinski definition) is 8. The van der Waals surface area contributed by atoms with E-state index in [1.54, 1.807) is 45.2 Å². The van der Waals surface area contributed by atoms with Crippen molar-refractivity contribution >= 4 is 80.6 Å². The highest BCUT2D eigenvalue weighted by Gasteiger charge is 2.64. The quantitative estimate of drug-likeness (QED) is 0.0260. The summed E-state index contributed by atoms with van der Waals surface area (Å²) >= 11 is 10.2. The van der Waals surface area contributed by atoms with E-state index in [2.05, 4.69) is 54.4 Å². The maximum absolute atomic E-state index is 14.5. The van der Waals surface area contributed by atoms with E-state index in [0.717, 1.165) is 42.6 Å². The number of carbonyl (C=O) groups excluding carboxylic acids is 7. The number of esters is 1. The van der Waals surface area contributed by atoms with Crippen molar-refractivity contribution < 1.29 is 62.4 Å². The van der Waals surface area contributed by atoms with E-state index in [9.17, 15) is 38.7 Å². The van der Waals surface area contributed by atoms with Gasteiger partial charge >= 0.3 is 18.1 Å². The molecule has 2 aromatic rings. The number of alkyl halides is 1. The Hall–Kier alpha value is -6.24. The summed E-state index contributed by atoms with van der Waals surface area (Å²) in [5, 5.41) is 30.1. The van der Waals surface area contributed by atoms with E-state index in [1.165, 1.54) is 62.3 Å². The van der Waals surface area contributed by atoms with E-state index in [-0.39, 0.29) is 41.8 Å². The topological polar surface area (TPSA) is 294 Å². The van der Waals surface area contributed by atoms with Gasteiger partial charge < -0.3 is 70.9 Å². The number of unbranched alkanes of at least 4 members (excludes halogenated alkanes) is 2. The molecule has 3 heterocycles. The number of nitrogens with zero attached hydrogens (tertiary/aromatic N) is 2. The molecule has 2 saturated heterocycles. The van der Waals surface area contributed by atoms with Gasteiger partial charge in [-0.1, -0.05) is 85.1 Å². The predicted molar refractivity (Wildman–Crippen MR) is 316 cm³/mol. The third-order valence-corrected chi connectivity index (χ3v) is 16.2. The fourth-order valence-electron chi connectivity index (χ4n) is 9.98. The molecule has 0 saturated carbocycles. The second-order valence-corrected chi connectivity index (χ2v) is 22.7. The van der Waals surface area contributed by atoms with Crippen LogP contribution in [-0.4, -0.2) is 159 Å². The van der Waals surface area contributed by atoms with Crippen LogP contribution in [0.5, 0.6) is 5.75 Å². The number of nitrogens with two attached hydrogens (primary N) is 1. The van der Waals surface area contributed by atoms with Gasteiger partial charge in [-0.05, 0) is 107 Å². The monoisotopic (exact) mass is 1230 g/mol. The minimum absolute atomic E-state index is 0.104. The van der Waals surface area contributed by atoms with Gasteiger partial charge in [0.05, 0.1) is 31.4 Å². The molecule has 0 aliphatic carbocycles. The first kappa shape index (κ1) is 66.6. The fraction of sp³-hybridized carbons (Fsp3) is 0.569. The lowest BCUT2D eigenvalue weighted by Crippen LogP contribution is -2.63. The Bertz CT molecular complexity index is 2680. The van der Waals surface area contributed by atoms with Crippen molar-refractivity contribution in [1.82, 2.24) is 31.5 Å². The molecule has 3 aliphatic heterocycles. The third-order valence-electron chi connectivity index (χ3n) is 15.2. The molecular weight excluding hydrogens is 1150 g/mol. The minimum atomic E-state index is -1.90. The third kappa shape index (κ3) is 17.9. The summed E-state index contributed by atoms with van der Waals surface area (Å²) in [5.74, 6) is -3.23. The number of allylic oxidation sites excluding steroid dienone is 4. The number of carbonyl (C=O) groups is 7. The van der Waals surface area contributed by atoms with Gasteiger partial charge in [-0.2, -0.15) is 0 Å². The summed E-state index contributed by atoms with van der Waals surface area (Å²) in [6.45, 7) is 16.1. The van der Waals surface area contributed by atoms with Gasteiger partial charge in [0.1, 0.15) is 46.8 Å². The van der Waals surface area contributed by atoms with Crippen molar-refractivity contribution in [2.45, 2.75) is 147 Å². The highest BCUT2D eigenvalue weighted by Crippen LogP contribution is 2.49. The number of halogens is 2. The van der Waals surface area contributed by atoms with Crippen molar-refractivity contribution in [3.8, 4) is 5.75 Å². The second-order valence-electron chi connectivity index (χ2n) is 21.8. The number of primary amides is 1. The molecule has 22 nitrogen and oxygen atoms in total. The zero-order chi connectivity index (χ0) is 60.6. The molecule has 9 N–H and O–H groups in total. The fourth-order valence-corrected chi connectivity index (χ4v) is 10.5. The Balaban J connectivity index is 1.32. The lowest BCUT2D eigenvalue weighted by Gasteiger charge is -2.42. The molecule has 10 atom stereocenters. The molecule has 24 heteroatoms. The van der Waals surface area contributed by atoms with Crippen LogP contribution in [0.1, 0.15) is 102 Å². The maximum Gasteiger partial charge on any atom is 0.409 e. The zero-order valence-electron chi connectivity index (χ0n) is 48.7. The summed E-state index contributed by atoms with van der Waals surface area (Å²) < 4.78 is 29.6. The largest absolute Gasteiger partial charge is 0.495 e. The van der Waals surface area contributed by atoms with Crippen LogP contribution in [-0.2, 0) is 44.5 Å². The van der Waals surface area contributed by atoms with Crippen molar-refractivity contribution in [3.05, 3.63) is 88.6 Å². The Kier molecular flexibility index (Phi) is 24.6. The van der Waals surface area contributed by atoms with Crippen LogP contribution in [0, 0.1) is 11.8 Å². The number of amides is 7. The predicted octanol–water partition coefficient (Wildman–Crippen LogP) is 5.98. The Morgan fingerprint density at radius 1 is 1.02 bits per heavy atom. The van der Waals surface area contributed by atoms with Gasteiger partial charge in [0.25, 0.3) is 5.91 Å². The normalized spacial score (nSPS) is 24.8. The van der Waals surface area contributed by atoms with Gasteiger partial charge in [-0.25, -0.2) is 14.4 Å². The van der Waals surface area contributed by atoms with Crippen molar-refractivity contribution in [1.29, 1.82) is 0 Å². The van der Waals surface area contributed by atoms with Gasteiger partial charge in [0, 0.05) is 68.9 Å². The van der Waals surface area contributed by atoms with Crippen LogP contribution in [0.25, 0.3) is 0 Å². The number of anilines is 2. The molecule has 7 amide bonds. The summed E-state index contributed by atoms with van der Waals surface area (Å²) in [5.41, 5.74) is 5.39. The molecule has 0 aromatic heterocycles. The van der Waals surface area contributed by atoms with E-state index in [0.29, 0.717) is 41.8 Å². The maximum atomic E-state index is 14.5. The second kappa shape index (κ2) is 30.4. The Morgan fingerprint density at radius 2 is 1.71 bits per heavy atom. The van der Waals surface area contributed by atoms with Crippen LogP contribution in [0.15, 0.2) is 72.5 Å². The van der Waals surface area contributed by atoms with Crippen LogP contribution in [0.2, 0.25) is 5.02 Å². The summed E-state index contributed by atoms with van der Waals surface area (Å²) in [6.07, 6.45) is 3.41. The Labute approximate surface area is 494 Å². The molecule has 3 aliphatic rings. The lowest BCUT2D eigenvalue weighted by atomic mass is 9.83. The van der Waals surface area contributed by atoms with Crippen molar-refractivity contribution in [3.63, 3.8) is 0 Å². The van der Waals surface area contributed by atoms with Crippen LogP contribution >= 0.6 is 27.5 Å². The van der Waals surface area contributed by atoms with Gasteiger partial charge in [0.2, 0.25) is 17.7 Å². The summed E-state index contributed by atoms with van der Waals surface area (Å²) in [7, 11) is 5.84. The summed E-state index contributed by atoms with van der Waals surface area (Å²) in [6, 6.07) is 5.98. The Morgan fingerprint density at radius 3 is 2.35 bits per heavy atom. The molecular formula is C58H83BrClN9O13. The zero-order valence-corrected chi connectivity index (χ0v) is 51.0. The number of rotatable bonds is 24. The van der Waals surface area contributed by atoms with Crippen molar-refractivity contribution in [2.75, 3.05) is 63.5 Å². The number of benzene rings is 2. The number of ether oxygens (including phenoxy) is 5. The molecule has 0 spiro atoms. The first-order chi connectivity index (χ1) is 38.8. The number of nitrogens with one attached hydrogen (secondary N) is 6. The lowest BCUT2D eigenvalue weighted by molar-refractivity contribution is -0.158. The molecule has 452 valence electrons. The number of hydrogen-bond acceptors (Lipinski definition) is 15. The number of aliphatic hydroxyl groups is 1. The average Bonchev–Trinajstić information content (AvgIpc) is 4.33. The molecule has 2 fully saturated rings. The highest BCUT2D eigenvalue weighted by molar-refractivity contribution is 9.09. The smallest absolute Gasteiger partial charge is 0.409 e. The SMILES string of the molecule is C=C(CBr)NCCCCCN[C@H](C(=O)N[C@@H](CCCNC(N)=O)C(=O)Nc1ccc(C(=O)N(C)[C@@H](C)C(=O)O[C@H]2CC(=O)N(C)c3cc(cc(OC)c3Cl)C/C(C)=C/C=C/[C@@H](OC)[C@@]3(O)C[C@H](OC(=O)N3)[C@@H](C)[C@@H]3O[C@@]23C)cc1)C(C)C. The number of urea groups is 1. The number of methoxy groups -OCH3 is 2. The average molecular weight is 1230 g/mol. The number of fused-ring (bicyclic) bond motifs is 5. The van der Waals surface area contributed by atoms with E-state index in [4.69, 9.17) is 41.0 Å². The van der Waals surface area contributed by atoms with E-state index in [1.807, 2.05) is 26.8 Å². The standard InChI is InChI=1S/C58H83BrClN9O13/c1-33(2)49(63-25-14-12-13-24-62-35(4)32-59)52(72)66-41(18-16-26-64-55(61)75)51(71)65-40-22-20-39(21-23-40)53(73)68(8)37(6)54(74)81-46-30-47(70)69(9)42-28-38(29-43(78-10)48(42)60)27-34(3)17-15-19-45(79-11)58(77)31-44(80-56(76)67-58)36(5)50-57(46,7)82-50/h15,17,19-23,28-29,33,36-37,41,44-46,49-50,62-63,77H,4,12-14,16,18,24-27,30-32H2,1-3,5-11H3,(H,65,71)(H,66,72)(H,67,76)(H3,61,64,75)/b19-15+,34-17+/t36-,37+,41+,44+,45-,46+,49+,50+,57+,58+/m1/s1. The molecule has 0 unspecified atom stereocenters. The minimum Gasteiger partial charge on any atom is -0.495 e. The van der Waals surface area contributed by atoms with Crippen LogP contribution in [0.4, 0.5) is 21.0 Å². The van der Waals surface area contributed by atoms with Crippen LogP contribution < -0.4 is 47.3 Å². The molecule has 5 rings (SSSR count). The van der Waals surface area contributed by atoms with Gasteiger partial charge in [-0.15, -0.1) is 0 Å².